The molecule has 6 heteroatoms. The van der Waals surface area contributed by atoms with Gasteiger partial charge in [0, 0.05) is 25.2 Å². The van der Waals surface area contributed by atoms with Crippen molar-refractivity contribution in [1.82, 2.24) is 10.6 Å². The van der Waals surface area contributed by atoms with Crippen molar-refractivity contribution < 1.29 is 9.53 Å². The molecule has 1 aromatic rings. The SMILES string of the molecule is COc1cccc(CN/C=C(/C#N)C(=O)NCCCl)c1. The van der Waals surface area contributed by atoms with Gasteiger partial charge in [0.25, 0.3) is 5.91 Å². The van der Waals surface area contributed by atoms with Gasteiger partial charge >= 0.3 is 0 Å². The van der Waals surface area contributed by atoms with Crippen LogP contribution in [0.4, 0.5) is 0 Å². The first-order chi connectivity index (χ1) is 9.71. The lowest BCUT2D eigenvalue weighted by Gasteiger charge is -2.05. The minimum absolute atomic E-state index is 0.0120. The van der Waals surface area contributed by atoms with Gasteiger partial charge in [0.15, 0.2) is 0 Å². The number of nitriles is 1. The van der Waals surface area contributed by atoms with E-state index in [9.17, 15) is 4.79 Å². The zero-order valence-corrected chi connectivity index (χ0v) is 11.9. The second-order valence-corrected chi connectivity index (χ2v) is 4.23. The van der Waals surface area contributed by atoms with Crippen molar-refractivity contribution in [2.75, 3.05) is 19.5 Å². The molecule has 0 aromatic heterocycles. The number of carbonyl (C=O) groups is 1. The number of nitrogens with zero attached hydrogens (tertiary/aromatic N) is 1. The number of nitrogens with one attached hydrogen (secondary N) is 2. The first-order valence-corrected chi connectivity index (χ1v) is 6.55. The maximum Gasteiger partial charge on any atom is 0.263 e. The molecule has 1 rings (SSSR count). The molecule has 1 aromatic carbocycles. The molecule has 20 heavy (non-hydrogen) atoms. The molecule has 0 saturated heterocycles. The largest absolute Gasteiger partial charge is 0.497 e. The van der Waals surface area contributed by atoms with Crippen LogP contribution in [0.25, 0.3) is 0 Å². The molecule has 0 atom stereocenters. The number of hydrogen-bond donors (Lipinski definition) is 2. The second kappa shape index (κ2) is 8.83. The van der Waals surface area contributed by atoms with Crippen LogP contribution in [0, 0.1) is 11.3 Å². The number of hydrogen-bond acceptors (Lipinski definition) is 4. The predicted octanol–water partition coefficient (Wildman–Crippen LogP) is 1.55. The number of alkyl halides is 1. The molecule has 0 radical (unpaired) electrons. The van der Waals surface area contributed by atoms with E-state index < -0.39 is 5.91 Å². The first-order valence-electron chi connectivity index (χ1n) is 6.02. The number of ether oxygens (including phenoxy) is 1. The zero-order chi connectivity index (χ0) is 14.8. The van der Waals surface area contributed by atoms with Gasteiger partial charge in [0.2, 0.25) is 0 Å². The Kier molecular flexibility index (Phi) is 7.01. The van der Waals surface area contributed by atoms with E-state index in [2.05, 4.69) is 10.6 Å². The molecular weight excluding hydrogens is 278 g/mol. The summed E-state index contributed by atoms with van der Waals surface area (Å²) in [5.74, 6) is 0.627. The molecule has 0 fully saturated rings. The normalized spacial score (nSPS) is 10.6. The topological polar surface area (TPSA) is 74.1 Å². The van der Waals surface area contributed by atoms with E-state index in [0.29, 0.717) is 19.0 Å². The Labute approximate surface area is 123 Å². The average molecular weight is 294 g/mol. The van der Waals surface area contributed by atoms with E-state index in [4.69, 9.17) is 21.6 Å². The highest BCUT2D eigenvalue weighted by molar-refractivity contribution is 6.18. The fraction of sp³-hybridized carbons (Fsp3) is 0.286. The third kappa shape index (κ3) is 5.21. The van der Waals surface area contributed by atoms with E-state index in [1.54, 1.807) is 7.11 Å². The molecule has 0 spiro atoms. The summed E-state index contributed by atoms with van der Waals surface area (Å²) in [5, 5.41) is 14.4. The molecule has 0 bridgehead atoms. The van der Waals surface area contributed by atoms with Gasteiger partial charge in [-0.15, -0.1) is 11.6 Å². The van der Waals surface area contributed by atoms with Crippen LogP contribution in [-0.2, 0) is 11.3 Å². The van der Waals surface area contributed by atoms with Crippen molar-refractivity contribution in [3.05, 3.63) is 41.6 Å². The Bertz CT molecular complexity index is 523. The van der Waals surface area contributed by atoms with Crippen LogP contribution in [0.5, 0.6) is 5.75 Å². The summed E-state index contributed by atoms with van der Waals surface area (Å²) >= 11 is 5.46. The highest BCUT2D eigenvalue weighted by Crippen LogP contribution is 2.12. The van der Waals surface area contributed by atoms with Gasteiger partial charge in [-0.3, -0.25) is 4.79 Å². The van der Waals surface area contributed by atoms with E-state index >= 15 is 0 Å². The van der Waals surface area contributed by atoms with Crippen LogP contribution in [0.1, 0.15) is 5.56 Å². The molecular formula is C14H16ClN3O2. The van der Waals surface area contributed by atoms with Crippen LogP contribution in [0.3, 0.4) is 0 Å². The molecule has 1 amide bonds. The molecule has 0 heterocycles. The minimum Gasteiger partial charge on any atom is -0.497 e. The van der Waals surface area contributed by atoms with Crippen molar-refractivity contribution in [3.8, 4) is 11.8 Å². The summed E-state index contributed by atoms with van der Waals surface area (Å²) in [7, 11) is 1.60. The lowest BCUT2D eigenvalue weighted by atomic mass is 10.2. The predicted molar refractivity (Wildman–Crippen MR) is 77.3 cm³/mol. The molecule has 0 unspecified atom stereocenters. The standard InChI is InChI=1S/C14H16ClN3O2/c1-20-13-4-2-3-11(7-13)9-17-10-12(8-16)14(19)18-6-5-15/h2-4,7,10,17H,5-6,9H2,1H3,(H,18,19)/b12-10-. The monoisotopic (exact) mass is 293 g/mol. The fourth-order valence-corrected chi connectivity index (χ4v) is 1.55. The number of methoxy groups -OCH3 is 1. The van der Waals surface area contributed by atoms with Crippen LogP contribution in [0.15, 0.2) is 36.0 Å². The van der Waals surface area contributed by atoms with E-state index in [0.717, 1.165) is 11.3 Å². The summed E-state index contributed by atoms with van der Waals surface area (Å²) in [6.07, 6.45) is 1.39. The number of amides is 1. The molecule has 106 valence electrons. The van der Waals surface area contributed by atoms with Gasteiger partial charge < -0.3 is 15.4 Å². The van der Waals surface area contributed by atoms with Crippen molar-refractivity contribution in [2.45, 2.75) is 6.54 Å². The fourth-order valence-electron chi connectivity index (χ4n) is 1.46. The van der Waals surface area contributed by atoms with Gasteiger partial charge in [0.1, 0.15) is 17.4 Å². The Morgan fingerprint density at radius 3 is 3.00 bits per heavy atom. The van der Waals surface area contributed by atoms with Crippen LogP contribution in [0.2, 0.25) is 0 Å². The second-order valence-electron chi connectivity index (χ2n) is 3.85. The molecule has 0 saturated carbocycles. The highest BCUT2D eigenvalue weighted by Gasteiger charge is 2.07. The van der Waals surface area contributed by atoms with E-state index in [1.807, 2.05) is 30.3 Å². The highest BCUT2D eigenvalue weighted by atomic mass is 35.5. The molecule has 0 aliphatic rings. The molecule has 5 nitrogen and oxygen atoms in total. The van der Waals surface area contributed by atoms with Gasteiger partial charge in [-0.1, -0.05) is 12.1 Å². The van der Waals surface area contributed by atoms with E-state index in [-0.39, 0.29) is 5.57 Å². The third-order valence-electron chi connectivity index (χ3n) is 2.43. The third-order valence-corrected chi connectivity index (χ3v) is 2.62. The summed E-state index contributed by atoms with van der Waals surface area (Å²) in [6.45, 7) is 0.820. The van der Waals surface area contributed by atoms with Gasteiger partial charge in [-0.2, -0.15) is 5.26 Å². The van der Waals surface area contributed by atoms with Crippen molar-refractivity contribution in [2.24, 2.45) is 0 Å². The summed E-state index contributed by atoms with van der Waals surface area (Å²) in [4.78, 5) is 11.6. The Morgan fingerprint density at radius 2 is 2.35 bits per heavy atom. The Morgan fingerprint density at radius 1 is 1.55 bits per heavy atom. The van der Waals surface area contributed by atoms with Crippen LogP contribution < -0.4 is 15.4 Å². The molecule has 2 N–H and O–H groups in total. The maximum absolute atomic E-state index is 11.6. The van der Waals surface area contributed by atoms with Gasteiger partial charge in [0.05, 0.1) is 7.11 Å². The van der Waals surface area contributed by atoms with Crippen molar-refractivity contribution in [1.29, 1.82) is 5.26 Å². The van der Waals surface area contributed by atoms with Gasteiger partial charge in [-0.25, -0.2) is 0 Å². The lowest BCUT2D eigenvalue weighted by molar-refractivity contribution is -0.117. The van der Waals surface area contributed by atoms with Crippen LogP contribution in [-0.4, -0.2) is 25.4 Å². The van der Waals surface area contributed by atoms with E-state index in [1.165, 1.54) is 6.20 Å². The average Bonchev–Trinajstić information content (AvgIpc) is 2.49. The number of carbonyl (C=O) groups excluding carboxylic acids is 1. The van der Waals surface area contributed by atoms with Crippen molar-refractivity contribution in [3.63, 3.8) is 0 Å². The lowest BCUT2D eigenvalue weighted by Crippen LogP contribution is -2.27. The van der Waals surface area contributed by atoms with Gasteiger partial charge in [-0.05, 0) is 17.7 Å². The van der Waals surface area contributed by atoms with Crippen molar-refractivity contribution >= 4 is 17.5 Å². The quantitative estimate of drug-likeness (QED) is 0.454. The number of rotatable bonds is 7. The minimum atomic E-state index is -0.439. The summed E-state index contributed by atoms with van der Waals surface area (Å²) < 4.78 is 5.11. The maximum atomic E-state index is 11.6. The summed E-state index contributed by atoms with van der Waals surface area (Å²) in [5.41, 5.74) is 0.997. The first kappa shape index (κ1) is 15.9. The molecule has 0 aliphatic heterocycles. The Hall–Kier alpha value is -2.19. The number of benzene rings is 1. The zero-order valence-electron chi connectivity index (χ0n) is 11.1. The smallest absolute Gasteiger partial charge is 0.263 e. The summed E-state index contributed by atoms with van der Waals surface area (Å²) in [6, 6.07) is 9.35. The Balaban J connectivity index is 2.57. The molecule has 0 aliphatic carbocycles. The van der Waals surface area contributed by atoms with Crippen LogP contribution >= 0.6 is 11.6 Å². The number of halogens is 1.